The second-order valence-electron chi connectivity index (χ2n) is 3.37. The lowest BCUT2D eigenvalue weighted by molar-refractivity contribution is -0.384. The smallest absolute Gasteiger partial charge is 0.414 e. The summed E-state index contributed by atoms with van der Waals surface area (Å²) in [6, 6.07) is 5.65. The van der Waals surface area contributed by atoms with Gasteiger partial charge < -0.3 is 5.11 Å². The number of benzene rings is 1. The number of carboxylic acid groups (broad SMARTS) is 1. The highest BCUT2D eigenvalue weighted by Crippen LogP contribution is 2.14. The summed E-state index contributed by atoms with van der Waals surface area (Å²) >= 11 is 0. The van der Waals surface area contributed by atoms with E-state index in [2.05, 4.69) is 0 Å². The van der Waals surface area contributed by atoms with E-state index in [9.17, 15) is 19.7 Å². The van der Waals surface area contributed by atoms with Gasteiger partial charge in [-0.1, -0.05) is 12.1 Å². The van der Waals surface area contributed by atoms with E-state index in [1.54, 1.807) is 6.07 Å². The Morgan fingerprint density at radius 3 is 2.67 bits per heavy atom. The number of non-ortho nitro benzene ring substituents is 1. The first kappa shape index (κ1) is 13.4. The number of carbonyl (C=O) groups is 2. The lowest BCUT2D eigenvalue weighted by Gasteiger charge is -2.06. The fourth-order valence-corrected chi connectivity index (χ4v) is 1.12. The van der Waals surface area contributed by atoms with Crippen LogP contribution < -0.4 is 0 Å². The van der Waals surface area contributed by atoms with E-state index >= 15 is 0 Å². The van der Waals surface area contributed by atoms with Crippen LogP contribution in [0.5, 0.6) is 0 Å². The zero-order valence-corrected chi connectivity index (χ0v) is 9.44. The van der Waals surface area contributed by atoms with Gasteiger partial charge in [0, 0.05) is 25.3 Å². The third-order valence-electron chi connectivity index (χ3n) is 2.12. The number of likely N-dealkylation sites (N-methyl/N-ethyl adjacent to an activating group) is 1. The molecule has 0 saturated carbocycles. The third-order valence-corrected chi connectivity index (χ3v) is 2.12. The van der Waals surface area contributed by atoms with Crippen LogP contribution in [0.25, 0.3) is 6.08 Å². The normalized spacial score (nSPS) is 10.3. The van der Waals surface area contributed by atoms with Gasteiger partial charge in [0.25, 0.3) is 11.6 Å². The van der Waals surface area contributed by atoms with Crippen LogP contribution in [0.4, 0.5) is 10.5 Å². The maximum Gasteiger partial charge on any atom is 0.414 e. The molecule has 0 saturated heterocycles. The lowest BCUT2D eigenvalue weighted by Crippen LogP contribution is -2.29. The summed E-state index contributed by atoms with van der Waals surface area (Å²) < 4.78 is 0. The number of rotatable bonds is 3. The molecule has 1 aromatic carbocycles. The van der Waals surface area contributed by atoms with E-state index in [1.165, 1.54) is 24.3 Å². The van der Waals surface area contributed by atoms with Gasteiger partial charge in [-0.15, -0.1) is 0 Å². The second kappa shape index (κ2) is 5.58. The first-order valence-corrected chi connectivity index (χ1v) is 4.85. The van der Waals surface area contributed by atoms with Crippen LogP contribution >= 0.6 is 0 Å². The molecule has 7 nitrogen and oxygen atoms in total. The van der Waals surface area contributed by atoms with Gasteiger partial charge in [0.05, 0.1) is 4.92 Å². The van der Waals surface area contributed by atoms with Crippen molar-refractivity contribution in [3.63, 3.8) is 0 Å². The van der Waals surface area contributed by atoms with E-state index in [4.69, 9.17) is 5.11 Å². The zero-order chi connectivity index (χ0) is 13.7. The highest BCUT2D eigenvalue weighted by Gasteiger charge is 2.11. The summed E-state index contributed by atoms with van der Waals surface area (Å²) in [6.07, 6.45) is 0.978. The molecule has 1 rings (SSSR count). The van der Waals surface area contributed by atoms with Gasteiger partial charge in [0.15, 0.2) is 0 Å². The van der Waals surface area contributed by atoms with Crippen molar-refractivity contribution < 1.29 is 19.6 Å². The van der Waals surface area contributed by atoms with Gasteiger partial charge in [-0.05, 0) is 11.6 Å². The molecule has 7 heteroatoms. The highest BCUT2D eigenvalue weighted by atomic mass is 16.6. The summed E-state index contributed by atoms with van der Waals surface area (Å²) in [4.78, 5) is 32.3. The lowest BCUT2D eigenvalue weighted by atomic mass is 10.2. The molecule has 0 spiro atoms. The Labute approximate surface area is 102 Å². The summed E-state index contributed by atoms with van der Waals surface area (Å²) in [5.74, 6) is -0.728. The minimum atomic E-state index is -1.37. The molecule has 0 aliphatic heterocycles. The van der Waals surface area contributed by atoms with Gasteiger partial charge in [0.1, 0.15) is 0 Å². The molecular weight excluding hydrogens is 240 g/mol. The van der Waals surface area contributed by atoms with Crippen molar-refractivity contribution >= 4 is 23.8 Å². The first-order valence-electron chi connectivity index (χ1n) is 4.85. The van der Waals surface area contributed by atoms with Crippen LogP contribution in [0.3, 0.4) is 0 Å². The van der Waals surface area contributed by atoms with Crippen molar-refractivity contribution in [1.82, 2.24) is 4.90 Å². The van der Waals surface area contributed by atoms with Crippen LogP contribution in [0.15, 0.2) is 30.3 Å². The summed E-state index contributed by atoms with van der Waals surface area (Å²) in [5, 5.41) is 19.1. The van der Waals surface area contributed by atoms with Crippen LogP contribution in [0, 0.1) is 10.1 Å². The standard InChI is InChI=1S/C11H10N2O5/c1-12(11(15)16)10(14)6-5-8-3-2-4-9(7-8)13(17)18/h2-7H,1H3,(H,15,16)/b6-5+. The maximum atomic E-state index is 11.3. The molecule has 2 amide bonds. The number of hydrogen-bond acceptors (Lipinski definition) is 4. The second-order valence-corrected chi connectivity index (χ2v) is 3.37. The topological polar surface area (TPSA) is 101 Å². The van der Waals surface area contributed by atoms with Crippen molar-refractivity contribution in [3.8, 4) is 0 Å². The Bertz CT molecular complexity index is 524. The number of nitrogens with zero attached hydrogens (tertiary/aromatic N) is 2. The maximum absolute atomic E-state index is 11.3. The number of amides is 2. The molecule has 0 aliphatic rings. The largest absolute Gasteiger partial charge is 0.465 e. The SMILES string of the molecule is CN(C(=O)O)C(=O)/C=C/c1cccc([N+](=O)[O-])c1. The fraction of sp³-hybridized carbons (Fsp3) is 0.0909. The Morgan fingerprint density at radius 2 is 2.11 bits per heavy atom. The third kappa shape index (κ3) is 3.41. The molecule has 0 atom stereocenters. The Balaban J connectivity index is 2.85. The van der Waals surface area contributed by atoms with E-state index in [-0.39, 0.29) is 5.69 Å². The molecule has 1 aromatic rings. The molecule has 0 bridgehead atoms. The number of hydrogen-bond donors (Lipinski definition) is 1. The predicted molar refractivity (Wildman–Crippen MR) is 62.9 cm³/mol. The van der Waals surface area contributed by atoms with Gasteiger partial charge >= 0.3 is 6.09 Å². The van der Waals surface area contributed by atoms with Gasteiger partial charge in [-0.25, -0.2) is 9.69 Å². The van der Waals surface area contributed by atoms with E-state index < -0.39 is 16.9 Å². The first-order chi connectivity index (χ1) is 8.41. The monoisotopic (exact) mass is 250 g/mol. The molecule has 0 aliphatic carbocycles. The number of imide groups is 1. The van der Waals surface area contributed by atoms with E-state index in [1.807, 2.05) is 0 Å². The zero-order valence-electron chi connectivity index (χ0n) is 9.44. The van der Waals surface area contributed by atoms with Crippen molar-refractivity contribution in [3.05, 3.63) is 46.0 Å². The number of nitro groups is 1. The number of nitro benzene ring substituents is 1. The Hall–Kier alpha value is -2.70. The Morgan fingerprint density at radius 1 is 1.44 bits per heavy atom. The molecule has 1 N–H and O–H groups in total. The molecule has 94 valence electrons. The summed E-state index contributed by atoms with van der Waals surface area (Å²) in [5.41, 5.74) is 0.340. The van der Waals surface area contributed by atoms with Gasteiger partial charge in [-0.2, -0.15) is 0 Å². The average molecular weight is 250 g/mol. The minimum absolute atomic E-state index is 0.101. The minimum Gasteiger partial charge on any atom is -0.465 e. The van der Waals surface area contributed by atoms with Crippen LogP contribution in [-0.2, 0) is 4.79 Å². The predicted octanol–water partition coefficient (Wildman–Crippen LogP) is 1.74. The molecule has 18 heavy (non-hydrogen) atoms. The van der Waals surface area contributed by atoms with Crippen molar-refractivity contribution in [2.75, 3.05) is 7.05 Å². The molecule has 0 radical (unpaired) electrons. The molecule has 0 fully saturated rings. The molecule has 0 unspecified atom stereocenters. The quantitative estimate of drug-likeness (QED) is 0.500. The molecule has 0 aromatic heterocycles. The average Bonchev–Trinajstić information content (AvgIpc) is 2.35. The van der Waals surface area contributed by atoms with Gasteiger partial charge in [0.2, 0.25) is 0 Å². The number of carbonyl (C=O) groups excluding carboxylic acids is 1. The highest BCUT2D eigenvalue weighted by molar-refractivity contribution is 6.00. The van der Waals surface area contributed by atoms with Crippen molar-refractivity contribution in [2.45, 2.75) is 0 Å². The van der Waals surface area contributed by atoms with Crippen molar-refractivity contribution in [1.29, 1.82) is 0 Å². The van der Waals surface area contributed by atoms with Gasteiger partial charge in [-0.3, -0.25) is 14.9 Å². The fourth-order valence-electron chi connectivity index (χ4n) is 1.12. The molecular formula is C11H10N2O5. The van der Waals surface area contributed by atoms with Crippen LogP contribution in [0.1, 0.15) is 5.56 Å². The van der Waals surface area contributed by atoms with Crippen LogP contribution in [0.2, 0.25) is 0 Å². The summed E-state index contributed by atoms with van der Waals surface area (Å²) in [7, 11) is 1.11. The van der Waals surface area contributed by atoms with E-state index in [0.717, 1.165) is 13.1 Å². The molecule has 0 heterocycles. The van der Waals surface area contributed by atoms with Crippen molar-refractivity contribution in [2.24, 2.45) is 0 Å². The van der Waals surface area contributed by atoms with Crippen LogP contribution in [-0.4, -0.2) is 34.0 Å². The Kier molecular flexibility index (Phi) is 4.14. The summed E-state index contributed by atoms with van der Waals surface area (Å²) in [6.45, 7) is 0. The van der Waals surface area contributed by atoms with E-state index in [0.29, 0.717) is 10.5 Å².